The summed E-state index contributed by atoms with van der Waals surface area (Å²) >= 11 is 0. The fourth-order valence-electron chi connectivity index (χ4n) is 2.59. The topological polar surface area (TPSA) is 12.9 Å². The van der Waals surface area contributed by atoms with Gasteiger partial charge in [-0.25, -0.2) is 0 Å². The second-order valence-electron chi connectivity index (χ2n) is 5.42. The Morgan fingerprint density at radius 1 is 1.00 bits per heavy atom. The average Bonchev–Trinajstić information content (AvgIpc) is 2.80. The molecule has 19 heavy (non-hydrogen) atoms. The lowest BCUT2D eigenvalue weighted by Gasteiger charge is -2.12. The van der Waals surface area contributed by atoms with E-state index >= 15 is 0 Å². The Labute approximate surface area is 114 Å². The van der Waals surface area contributed by atoms with Crippen LogP contribution < -0.4 is 0 Å². The van der Waals surface area contributed by atoms with Crippen molar-refractivity contribution in [3.8, 4) is 0 Å². The number of pyridine rings is 1. The maximum Gasteiger partial charge on any atom is 0.0746 e. The van der Waals surface area contributed by atoms with Gasteiger partial charge in [0.1, 0.15) is 0 Å². The van der Waals surface area contributed by atoms with Gasteiger partial charge in [-0.1, -0.05) is 55.8 Å². The van der Waals surface area contributed by atoms with Gasteiger partial charge in [0.2, 0.25) is 0 Å². The quantitative estimate of drug-likeness (QED) is 0.750. The Bertz CT molecular complexity index is 672. The van der Waals surface area contributed by atoms with Crippen LogP contribution in [0, 0.1) is 11.8 Å². The molecule has 0 saturated heterocycles. The van der Waals surface area contributed by atoms with Gasteiger partial charge in [0.05, 0.1) is 11.4 Å². The van der Waals surface area contributed by atoms with E-state index in [-0.39, 0.29) is 0 Å². The molecule has 0 aliphatic heterocycles. The zero-order valence-corrected chi connectivity index (χ0v) is 11.6. The third-order valence-electron chi connectivity index (χ3n) is 3.71. The fourth-order valence-corrected chi connectivity index (χ4v) is 2.59. The summed E-state index contributed by atoms with van der Waals surface area (Å²) in [6, 6.07) is 10.5. The molecule has 1 aliphatic carbocycles. The molecule has 0 saturated carbocycles. The lowest BCUT2D eigenvalue weighted by molar-refractivity contribution is 0.793. The second-order valence-corrected chi connectivity index (χ2v) is 5.42. The molecular formula is C18H18N. The molecule has 0 fully saturated rings. The lowest BCUT2D eigenvalue weighted by atomic mass is 9.92. The molecule has 0 spiro atoms. The number of rotatable bonds is 2. The van der Waals surface area contributed by atoms with Crippen LogP contribution in [0.5, 0.6) is 0 Å². The molecular weight excluding hydrogens is 230 g/mol. The number of aromatic nitrogens is 1. The SMILES string of the molecule is CC1=CC(C(C)C)=C[C]1c1cccc2cccnc12. The molecule has 1 heterocycles. The van der Waals surface area contributed by atoms with Gasteiger partial charge in [0.25, 0.3) is 0 Å². The Balaban J connectivity index is 2.14. The molecule has 1 aromatic carbocycles. The number of nitrogens with zero attached hydrogens (tertiary/aromatic N) is 1. The lowest BCUT2D eigenvalue weighted by Crippen LogP contribution is -1.98. The van der Waals surface area contributed by atoms with Gasteiger partial charge in [-0.3, -0.25) is 4.98 Å². The summed E-state index contributed by atoms with van der Waals surface area (Å²) in [5, 5.41) is 1.20. The minimum absolute atomic E-state index is 0.565. The third-order valence-corrected chi connectivity index (χ3v) is 3.71. The normalized spacial score (nSPS) is 16.0. The molecule has 1 heteroatoms. The van der Waals surface area contributed by atoms with Crippen molar-refractivity contribution in [2.75, 3.05) is 0 Å². The van der Waals surface area contributed by atoms with E-state index in [9.17, 15) is 0 Å². The highest BCUT2D eigenvalue weighted by Gasteiger charge is 2.21. The van der Waals surface area contributed by atoms with Crippen LogP contribution >= 0.6 is 0 Å². The highest BCUT2D eigenvalue weighted by Crippen LogP contribution is 2.37. The third kappa shape index (κ3) is 2.10. The van der Waals surface area contributed by atoms with Crippen LogP contribution in [0.3, 0.4) is 0 Å². The number of fused-ring (bicyclic) bond motifs is 1. The molecule has 0 bridgehead atoms. The summed E-state index contributed by atoms with van der Waals surface area (Å²) in [5.41, 5.74) is 5.07. The standard InChI is InChI=1S/C18H18N/c1-12(2)15-10-13(3)17(11-15)16-8-4-6-14-7-5-9-19-18(14)16/h4-12H,1-3H3. The zero-order valence-electron chi connectivity index (χ0n) is 11.6. The fraction of sp³-hybridized carbons (Fsp3) is 0.222. The first-order chi connectivity index (χ1) is 9.16. The van der Waals surface area contributed by atoms with E-state index in [2.05, 4.69) is 62.2 Å². The maximum absolute atomic E-state index is 4.55. The van der Waals surface area contributed by atoms with Crippen LogP contribution in [0.4, 0.5) is 0 Å². The van der Waals surface area contributed by atoms with Crippen molar-refractivity contribution >= 4 is 10.9 Å². The second kappa shape index (κ2) is 4.65. The van der Waals surface area contributed by atoms with Crippen molar-refractivity contribution in [1.82, 2.24) is 4.98 Å². The molecule has 0 unspecified atom stereocenters. The van der Waals surface area contributed by atoms with Crippen LogP contribution in [0.15, 0.2) is 59.8 Å². The van der Waals surface area contributed by atoms with Gasteiger partial charge < -0.3 is 0 Å². The van der Waals surface area contributed by atoms with E-state index in [0.29, 0.717) is 5.92 Å². The monoisotopic (exact) mass is 248 g/mol. The summed E-state index contributed by atoms with van der Waals surface area (Å²) in [6.45, 7) is 6.66. The Hall–Kier alpha value is -1.89. The number of hydrogen-bond acceptors (Lipinski definition) is 1. The summed E-state index contributed by atoms with van der Waals surface area (Å²) in [5.74, 6) is 1.88. The molecule has 3 rings (SSSR count). The Morgan fingerprint density at radius 2 is 1.79 bits per heavy atom. The summed E-state index contributed by atoms with van der Waals surface area (Å²) in [6.07, 6.45) is 6.47. The summed E-state index contributed by atoms with van der Waals surface area (Å²) < 4.78 is 0. The highest BCUT2D eigenvalue weighted by atomic mass is 14.7. The maximum atomic E-state index is 4.55. The number of para-hydroxylation sites is 1. The Morgan fingerprint density at radius 3 is 2.53 bits per heavy atom. The highest BCUT2D eigenvalue weighted by molar-refractivity contribution is 5.85. The molecule has 1 radical (unpaired) electrons. The van der Waals surface area contributed by atoms with Gasteiger partial charge in [-0.05, 0) is 30.0 Å². The minimum Gasteiger partial charge on any atom is -0.256 e. The zero-order chi connectivity index (χ0) is 13.4. The van der Waals surface area contributed by atoms with Gasteiger partial charge >= 0.3 is 0 Å². The number of hydrogen-bond donors (Lipinski definition) is 0. The van der Waals surface area contributed by atoms with Crippen LogP contribution in [0.25, 0.3) is 10.9 Å². The molecule has 0 amide bonds. The molecule has 2 aromatic rings. The van der Waals surface area contributed by atoms with Crippen molar-refractivity contribution in [2.24, 2.45) is 5.92 Å². The molecule has 1 nitrogen and oxygen atoms in total. The molecule has 1 aromatic heterocycles. The van der Waals surface area contributed by atoms with Crippen LogP contribution in [-0.2, 0) is 0 Å². The van der Waals surface area contributed by atoms with Gasteiger partial charge in [-0.15, -0.1) is 0 Å². The average molecular weight is 248 g/mol. The Kier molecular flexibility index (Phi) is 2.98. The van der Waals surface area contributed by atoms with E-state index in [1.807, 2.05) is 12.3 Å². The van der Waals surface area contributed by atoms with Gasteiger partial charge in [-0.2, -0.15) is 0 Å². The number of allylic oxidation sites excluding steroid dienone is 4. The van der Waals surface area contributed by atoms with Crippen molar-refractivity contribution in [2.45, 2.75) is 20.8 Å². The summed E-state index contributed by atoms with van der Waals surface area (Å²) in [7, 11) is 0. The smallest absolute Gasteiger partial charge is 0.0746 e. The minimum atomic E-state index is 0.565. The first-order valence-electron chi connectivity index (χ1n) is 6.78. The first-order valence-corrected chi connectivity index (χ1v) is 6.78. The van der Waals surface area contributed by atoms with Crippen molar-refractivity contribution in [3.63, 3.8) is 0 Å². The van der Waals surface area contributed by atoms with E-state index < -0.39 is 0 Å². The van der Waals surface area contributed by atoms with Crippen molar-refractivity contribution in [3.05, 3.63) is 71.3 Å². The van der Waals surface area contributed by atoms with E-state index in [0.717, 1.165) is 5.52 Å². The molecule has 0 atom stereocenters. The van der Waals surface area contributed by atoms with Crippen molar-refractivity contribution in [1.29, 1.82) is 0 Å². The van der Waals surface area contributed by atoms with Gasteiger partial charge in [0.15, 0.2) is 0 Å². The first kappa shape index (κ1) is 12.2. The summed E-state index contributed by atoms with van der Waals surface area (Å²) in [4.78, 5) is 4.55. The van der Waals surface area contributed by atoms with E-state index in [4.69, 9.17) is 0 Å². The number of benzene rings is 1. The predicted octanol–water partition coefficient (Wildman–Crippen LogP) is 4.70. The predicted molar refractivity (Wildman–Crippen MR) is 80.8 cm³/mol. The molecule has 1 aliphatic rings. The largest absolute Gasteiger partial charge is 0.256 e. The van der Waals surface area contributed by atoms with Crippen LogP contribution in [-0.4, -0.2) is 4.98 Å². The van der Waals surface area contributed by atoms with E-state index in [1.54, 1.807) is 0 Å². The van der Waals surface area contributed by atoms with Crippen molar-refractivity contribution < 1.29 is 0 Å². The van der Waals surface area contributed by atoms with Gasteiger partial charge in [0, 0.05) is 11.6 Å². The van der Waals surface area contributed by atoms with E-state index in [1.165, 1.54) is 28.0 Å². The molecule has 95 valence electrons. The molecule has 0 N–H and O–H groups in total. The van der Waals surface area contributed by atoms with Crippen LogP contribution in [0.1, 0.15) is 26.3 Å². The van der Waals surface area contributed by atoms with Crippen LogP contribution in [0.2, 0.25) is 0 Å².